The van der Waals surface area contributed by atoms with Crippen LogP contribution in [0.4, 0.5) is 0 Å². The normalized spacial score (nSPS) is 14.6. The minimum Gasteiger partial charge on any atom is -0.463 e. The van der Waals surface area contributed by atoms with Gasteiger partial charge >= 0.3 is 33.6 Å². The van der Waals surface area contributed by atoms with E-state index in [0.717, 1.165) is 116 Å². The Morgan fingerprint density at radius 3 is 0.967 bits per heavy atom. The number of phosphoric acid groups is 2. The lowest BCUT2D eigenvalue weighted by molar-refractivity contribution is -0.161. The van der Waals surface area contributed by atoms with Crippen LogP contribution in [0.3, 0.4) is 0 Å². The van der Waals surface area contributed by atoms with Gasteiger partial charge in [0.25, 0.3) is 0 Å². The number of aliphatic hydroxyl groups excluding tert-OH is 2. The summed E-state index contributed by atoms with van der Waals surface area (Å²) >= 11 is 0. The van der Waals surface area contributed by atoms with E-state index in [1.54, 1.807) is 0 Å². The fourth-order valence-electron chi connectivity index (χ4n) is 9.87. The molecule has 0 saturated heterocycles. The van der Waals surface area contributed by atoms with Crippen LogP contribution in [0.5, 0.6) is 0 Å². The molecule has 0 aliphatic rings. The predicted molar refractivity (Wildman–Crippen MR) is 372 cm³/mol. The molecule has 530 valence electrons. The highest BCUT2D eigenvalue weighted by atomic mass is 31.2. The van der Waals surface area contributed by atoms with Gasteiger partial charge in [0.15, 0.2) is 6.10 Å². The zero-order valence-corrected chi connectivity index (χ0v) is 59.3. The summed E-state index contributed by atoms with van der Waals surface area (Å²) in [6.45, 7) is 2.54. The second kappa shape index (κ2) is 67.0. The van der Waals surface area contributed by atoms with Crippen LogP contribution in [0.2, 0.25) is 0 Å². The van der Waals surface area contributed by atoms with Crippen molar-refractivity contribution in [2.24, 2.45) is 0 Å². The molecule has 91 heavy (non-hydrogen) atoms. The molecule has 0 fully saturated rings. The molecule has 0 saturated carbocycles. The molecule has 5 atom stereocenters. The quantitative estimate of drug-likeness (QED) is 0.0146. The molecule has 0 radical (unpaired) electrons. The van der Waals surface area contributed by atoms with Gasteiger partial charge in [-0.15, -0.1) is 0 Å². The summed E-state index contributed by atoms with van der Waals surface area (Å²) < 4.78 is 60.9. The van der Waals surface area contributed by atoms with E-state index in [-0.39, 0.29) is 19.3 Å². The summed E-state index contributed by atoms with van der Waals surface area (Å²) in [5, 5.41) is 20.6. The summed E-state index contributed by atoms with van der Waals surface area (Å²) in [6.07, 6.45) is 71.2. The van der Waals surface area contributed by atoms with Crippen LogP contribution in [-0.4, -0.2) is 95.9 Å². The Hall–Kier alpha value is -3.01. The Labute approximate surface area is 553 Å². The number of carbonyl (C=O) groups is 3. The van der Waals surface area contributed by atoms with Gasteiger partial charge in [0, 0.05) is 19.3 Å². The van der Waals surface area contributed by atoms with Crippen molar-refractivity contribution in [2.75, 3.05) is 39.6 Å². The molecule has 0 bridgehead atoms. The average Bonchev–Trinajstić information content (AvgIpc) is 3.72. The van der Waals surface area contributed by atoms with E-state index < -0.39 is 91.5 Å². The van der Waals surface area contributed by atoms with E-state index in [2.05, 4.69) is 93.7 Å². The SMILES string of the molecule is CC/C=C\C/C=C\C/C=C\C/C=C\C/C=C\CCCCCCCCCCCCCCCC(=O)OCC(O)COP(=O)(O)OCC(O)COP(=O)(O)OCC(COC(=O)CCCCCCCCCCCCCCCCC)OC(=O)CCCCCCC/C=C\CCCC. The second-order valence-corrected chi connectivity index (χ2v) is 27.3. The molecule has 0 rings (SSSR count). The molecule has 18 heteroatoms. The summed E-state index contributed by atoms with van der Waals surface area (Å²) in [5.74, 6) is -1.57. The minimum atomic E-state index is -4.92. The van der Waals surface area contributed by atoms with E-state index in [0.29, 0.717) is 19.3 Å². The number of aliphatic hydroxyl groups is 2. The number of allylic oxidation sites excluding steroid dienone is 12. The maximum absolute atomic E-state index is 12.9. The summed E-state index contributed by atoms with van der Waals surface area (Å²) in [4.78, 5) is 58.3. The highest BCUT2D eigenvalue weighted by molar-refractivity contribution is 7.47. The van der Waals surface area contributed by atoms with Gasteiger partial charge in [-0.2, -0.15) is 0 Å². The lowest BCUT2D eigenvalue weighted by Gasteiger charge is -2.21. The molecule has 0 heterocycles. The standard InChI is InChI=1S/C73H132O16P2/c1-4-7-10-13-16-19-22-24-26-27-28-29-30-31-32-33-34-35-36-37-38-39-41-43-45-47-50-53-56-59-71(76)83-62-68(74)63-85-90(79,80)86-64-69(75)65-87-91(81,82)88-67-70(89-73(78)61-58-55-52-49-44-21-18-15-12-9-6-3)66-84-72(77)60-57-54-51-48-46-42-40-25-23-20-17-14-11-8-5-2/h7,10,15-16,18-19,24,26,28-29,31-32,68-70,74-75H,4-6,8-9,11-14,17,20-23,25,27,30,33-67H2,1-3H3,(H,79,80)(H,81,82)/b10-7-,18-15-,19-16-,26-24-,29-28-,32-31-. The van der Waals surface area contributed by atoms with Gasteiger partial charge in [0.05, 0.1) is 26.4 Å². The number of unbranched alkanes of at least 4 members (excludes halogenated alkanes) is 34. The van der Waals surface area contributed by atoms with Crippen LogP contribution < -0.4 is 0 Å². The van der Waals surface area contributed by atoms with Crippen molar-refractivity contribution in [3.8, 4) is 0 Å². The van der Waals surface area contributed by atoms with Crippen molar-refractivity contribution >= 4 is 33.6 Å². The van der Waals surface area contributed by atoms with Crippen molar-refractivity contribution < 1.29 is 75.8 Å². The highest BCUT2D eigenvalue weighted by Gasteiger charge is 2.29. The van der Waals surface area contributed by atoms with Gasteiger partial charge in [-0.3, -0.25) is 32.5 Å². The number of carbonyl (C=O) groups excluding carboxylic acids is 3. The fraction of sp³-hybridized carbons (Fsp3) is 0.795. The Morgan fingerprint density at radius 1 is 0.319 bits per heavy atom. The second-order valence-electron chi connectivity index (χ2n) is 24.4. The third kappa shape index (κ3) is 68.2. The number of esters is 3. The molecule has 0 spiro atoms. The molecule has 16 nitrogen and oxygen atoms in total. The Morgan fingerprint density at radius 2 is 0.593 bits per heavy atom. The third-order valence-corrected chi connectivity index (χ3v) is 17.3. The Bertz CT molecular complexity index is 1950. The summed E-state index contributed by atoms with van der Waals surface area (Å²) in [5.41, 5.74) is 0. The molecule has 0 aliphatic carbocycles. The summed E-state index contributed by atoms with van der Waals surface area (Å²) in [6, 6.07) is 0. The van der Waals surface area contributed by atoms with E-state index in [1.807, 2.05) is 0 Å². The van der Waals surface area contributed by atoms with Crippen molar-refractivity contribution in [1.82, 2.24) is 0 Å². The van der Waals surface area contributed by atoms with Gasteiger partial charge in [0.1, 0.15) is 25.4 Å². The number of hydrogen-bond donors (Lipinski definition) is 4. The van der Waals surface area contributed by atoms with E-state index in [9.17, 15) is 43.5 Å². The number of phosphoric ester groups is 2. The summed E-state index contributed by atoms with van der Waals surface area (Å²) in [7, 11) is -9.76. The van der Waals surface area contributed by atoms with Crippen LogP contribution >= 0.6 is 15.6 Å². The van der Waals surface area contributed by atoms with Crippen molar-refractivity contribution in [3.05, 3.63) is 72.9 Å². The van der Waals surface area contributed by atoms with E-state index in [4.69, 9.17) is 32.3 Å². The average molecular weight is 1330 g/mol. The first-order valence-corrected chi connectivity index (χ1v) is 39.2. The molecule has 0 aromatic carbocycles. The number of hydrogen-bond acceptors (Lipinski definition) is 14. The van der Waals surface area contributed by atoms with Gasteiger partial charge in [-0.1, -0.05) is 286 Å². The van der Waals surface area contributed by atoms with Crippen molar-refractivity contribution in [2.45, 2.75) is 334 Å². The predicted octanol–water partition coefficient (Wildman–Crippen LogP) is 20.3. The van der Waals surface area contributed by atoms with Gasteiger partial charge < -0.3 is 34.2 Å². The van der Waals surface area contributed by atoms with E-state index in [1.165, 1.54) is 141 Å². The molecular weight excluding hydrogens is 1190 g/mol. The lowest BCUT2D eigenvalue weighted by atomic mass is 10.0. The number of rotatable bonds is 69. The zero-order chi connectivity index (χ0) is 66.7. The highest BCUT2D eigenvalue weighted by Crippen LogP contribution is 2.45. The largest absolute Gasteiger partial charge is 0.472 e. The van der Waals surface area contributed by atoms with Crippen molar-refractivity contribution in [1.29, 1.82) is 0 Å². The first-order chi connectivity index (χ1) is 44.2. The molecule has 5 unspecified atom stereocenters. The van der Waals surface area contributed by atoms with Gasteiger partial charge in [0.2, 0.25) is 0 Å². The van der Waals surface area contributed by atoms with Gasteiger partial charge in [-0.25, -0.2) is 9.13 Å². The topological polar surface area (TPSA) is 231 Å². The van der Waals surface area contributed by atoms with Crippen LogP contribution in [0, 0.1) is 0 Å². The molecule has 0 aromatic rings. The fourth-order valence-corrected chi connectivity index (χ4v) is 11.5. The Balaban J connectivity index is 4.38. The molecule has 4 N–H and O–H groups in total. The van der Waals surface area contributed by atoms with Crippen LogP contribution in [0.25, 0.3) is 0 Å². The zero-order valence-electron chi connectivity index (χ0n) is 57.5. The maximum Gasteiger partial charge on any atom is 0.472 e. The van der Waals surface area contributed by atoms with Crippen LogP contribution in [0.15, 0.2) is 72.9 Å². The smallest absolute Gasteiger partial charge is 0.463 e. The molecule has 0 amide bonds. The Kier molecular flexibility index (Phi) is 64.8. The molecular formula is C73H132O16P2. The first-order valence-electron chi connectivity index (χ1n) is 36.2. The monoisotopic (exact) mass is 1330 g/mol. The van der Waals surface area contributed by atoms with Crippen molar-refractivity contribution in [3.63, 3.8) is 0 Å². The van der Waals surface area contributed by atoms with Crippen LogP contribution in [-0.2, 0) is 55.8 Å². The molecule has 0 aromatic heterocycles. The van der Waals surface area contributed by atoms with Gasteiger partial charge in [-0.05, 0) is 83.5 Å². The lowest BCUT2D eigenvalue weighted by Crippen LogP contribution is -2.30. The minimum absolute atomic E-state index is 0.0988. The molecule has 0 aliphatic heterocycles. The number of ether oxygens (including phenoxy) is 3. The van der Waals surface area contributed by atoms with E-state index >= 15 is 0 Å². The maximum atomic E-state index is 12.9. The third-order valence-electron chi connectivity index (χ3n) is 15.4. The first kappa shape index (κ1) is 88.0. The van der Waals surface area contributed by atoms with Crippen LogP contribution in [0.1, 0.15) is 316 Å².